The Kier molecular flexibility index (Phi) is 2.81. The van der Waals surface area contributed by atoms with E-state index in [4.69, 9.17) is 3.79 Å². The maximum atomic E-state index is 10.2. The number of benzene rings is 1. The number of rotatable bonds is 2. The molecule has 0 radical (unpaired) electrons. The average molecular weight is 164 g/mol. The Morgan fingerprint density at radius 2 is 2.09 bits per heavy atom. The fraction of sp³-hybridized carbons (Fsp3) is 0.250. The van der Waals surface area contributed by atoms with E-state index in [1.807, 2.05) is 32.0 Å². The first-order chi connectivity index (χ1) is 5.24. The summed E-state index contributed by atoms with van der Waals surface area (Å²) in [7, 11) is 0. The zero-order valence-electron chi connectivity index (χ0n) is 6.63. The second-order valence-electron chi connectivity index (χ2n) is 2.48. The molecule has 0 bridgehead atoms. The third kappa shape index (κ3) is 2.15. The van der Waals surface area contributed by atoms with Crippen LogP contribution in [-0.2, 0) is 3.80 Å². The summed E-state index contributed by atoms with van der Waals surface area (Å²) in [4.78, 5) is 0. The van der Waals surface area contributed by atoms with Gasteiger partial charge in [-0.1, -0.05) is 0 Å². The molecule has 0 saturated heterocycles. The van der Waals surface area contributed by atoms with E-state index in [0.717, 1.165) is 11.3 Å². The van der Waals surface area contributed by atoms with Crippen molar-refractivity contribution < 1.29 is 7.59 Å². The normalized spacial score (nSPS) is 8.91. The third-order valence-electron chi connectivity index (χ3n) is 1.51. The molecule has 0 aliphatic rings. The first-order valence-corrected chi connectivity index (χ1v) is 4.36. The fourth-order valence-corrected chi connectivity index (χ4v) is 1.35. The van der Waals surface area contributed by atoms with E-state index < -0.39 is 15.5 Å². The van der Waals surface area contributed by atoms with Crippen molar-refractivity contribution in [3.63, 3.8) is 0 Å². The summed E-state index contributed by atoms with van der Waals surface area (Å²) in [5.41, 5.74) is 2.23. The first-order valence-electron chi connectivity index (χ1n) is 3.41. The van der Waals surface area contributed by atoms with E-state index in [9.17, 15) is 3.80 Å². The molecule has 0 spiro atoms. The number of hydrogen-bond donors (Lipinski definition) is 0. The Morgan fingerprint density at radius 1 is 1.36 bits per heavy atom. The summed E-state index contributed by atoms with van der Waals surface area (Å²) in [6, 6.07) is 5.79. The van der Waals surface area contributed by atoms with Crippen LogP contribution in [0.25, 0.3) is 0 Å². The topological polar surface area (TPSA) is 26.3 Å². The molecule has 0 atom stereocenters. The summed E-state index contributed by atoms with van der Waals surface area (Å²) >= 11 is -1.14. The molecule has 0 aliphatic heterocycles. The van der Waals surface area contributed by atoms with Gasteiger partial charge >= 0.3 is 72.0 Å². The van der Waals surface area contributed by atoms with Crippen LogP contribution in [0, 0.1) is 13.8 Å². The van der Waals surface area contributed by atoms with Gasteiger partial charge in [-0.05, 0) is 0 Å². The van der Waals surface area contributed by atoms with Crippen molar-refractivity contribution in [2.24, 2.45) is 0 Å². The van der Waals surface area contributed by atoms with Crippen LogP contribution in [0.4, 0.5) is 0 Å². The first kappa shape index (κ1) is 8.45. The molecule has 1 aromatic carbocycles. The van der Waals surface area contributed by atoms with Crippen molar-refractivity contribution in [2.75, 3.05) is 0 Å². The summed E-state index contributed by atoms with van der Waals surface area (Å²) < 4.78 is 15.1. The van der Waals surface area contributed by atoms with Gasteiger partial charge in [-0.15, -0.1) is 0 Å². The molecule has 11 heavy (non-hydrogen) atoms. The van der Waals surface area contributed by atoms with Crippen LogP contribution < -0.4 is 3.79 Å². The molecule has 1 aromatic rings. The van der Waals surface area contributed by atoms with E-state index >= 15 is 0 Å². The van der Waals surface area contributed by atoms with Gasteiger partial charge < -0.3 is 0 Å². The van der Waals surface area contributed by atoms with Crippen molar-refractivity contribution in [3.05, 3.63) is 29.3 Å². The monoisotopic (exact) mass is 164 g/mol. The molecule has 2 nitrogen and oxygen atoms in total. The van der Waals surface area contributed by atoms with E-state index in [1.54, 1.807) is 0 Å². The van der Waals surface area contributed by atoms with E-state index in [1.165, 1.54) is 5.56 Å². The third-order valence-corrected chi connectivity index (χ3v) is 1.86. The summed E-state index contributed by atoms with van der Waals surface area (Å²) in [5, 5.41) is 0. The Balaban J connectivity index is 2.98. The van der Waals surface area contributed by atoms with Crippen LogP contribution in [0.3, 0.4) is 0 Å². The zero-order valence-corrected chi connectivity index (χ0v) is 7.78. The maximum absolute atomic E-state index is 10.2. The number of aryl methyl sites for hydroxylation is 2. The molecular weight excluding hydrogens is 155 g/mol. The van der Waals surface area contributed by atoms with Gasteiger partial charge in [-0.2, -0.15) is 0 Å². The predicted octanol–water partition coefficient (Wildman–Crippen LogP) is 1.65. The van der Waals surface area contributed by atoms with E-state index in [2.05, 4.69) is 0 Å². The molecule has 0 aliphatic carbocycles. The van der Waals surface area contributed by atoms with Crippen molar-refractivity contribution in [1.29, 1.82) is 0 Å². The SMILES string of the molecule is Cc1ccc([O][Al]=[O])c(C)c1. The van der Waals surface area contributed by atoms with E-state index in [-0.39, 0.29) is 0 Å². The second-order valence-corrected chi connectivity index (χ2v) is 2.91. The van der Waals surface area contributed by atoms with Crippen LogP contribution >= 0.6 is 0 Å². The van der Waals surface area contributed by atoms with Crippen molar-refractivity contribution in [3.8, 4) is 5.75 Å². The van der Waals surface area contributed by atoms with Crippen molar-refractivity contribution in [1.82, 2.24) is 0 Å². The molecule has 0 fully saturated rings. The molecule has 0 amide bonds. The van der Waals surface area contributed by atoms with Crippen LogP contribution in [0.2, 0.25) is 0 Å². The standard InChI is InChI=1S/C8H10O.Al.O/c1-6-3-4-8(9)7(2)5-6;;/h3-5,9H,1-2H3;;/q;+1;/p-1. The molecule has 0 saturated carbocycles. The van der Waals surface area contributed by atoms with Crippen molar-refractivity contribution in [2.45, 2.75) is 13.8 Å². The predicted molar refractivity (Wildman–Crippen MR) is 43.0 cm³/mol. The van der Waals surface area contributed by atoms with Gasteiger partial charge in [0, 0.05) is 0 Å². The number of hydrogen-bond acceptors (Lipinski definition) is 2. The molecule has 3 heteroatoms. The molecule has 56 valence electrons. The molecular formula is C8H9AlO2. The van der Waals surface area contributed by atoms with Gasteiger partial charge in [0.25, 0.3) is 0 Å². The zero-order chi connectivity index (χ0) is 8.27. The van der Waals surface area contributed by atoms with Gasteiger partial charge in [0.1, 0.15) is 0 Å². The molecule has 0 unspecified atom stereocenters. The molecule has 1 rings (SSSR count). The van der Waals surface area contributed by atoms with Gasteiger partial charge in [-0.3, -0.25) is 0 Å². The Labute approximate surface area is 72.4 Å². The second kappa shape index (κ2) is 3.66. The minimum atomic E-state index is -1.14. The summed E-state index contributed by atoms with van der Waals surface area (Å²) in [5.74, 6) is 0.723. The Hall–Kier alpha value is -0.648. The van der Waals surface area contributed by atoms with Gasteiger partial charge in [0.2, 0.25) is 0 Å². The quantitative estimate of drug-likeness (QED) is 0.621. The molecule has 0 aromatic heterocycles. The van der Waals surface area contributed by atoms with Crippen molar-refractivity contribution >= 4 is 15.5 Å². The molecule has 0 heterocycles. The van der Waals surface area contributed by atoms with Crippen LogP contribution in [0.15, 0.2) is 18.2 Å². The van der Waals surface area contributed by atoms with Gasteiger partial charge in [0.15, 0.2) is 0 Å². The van der Waals surface area contributed by atoms with Crippen LogP contribution in [0.1, 0.15) is 11.1 Å². The Bertz CT molecular complexity index is 271. The van der Waals surface area contributed by atoms with E-state index in [0.29, 0.717) is 0 Å². The summed E-state index contributed by atoms with van der Waals surface area (Å²) in [6.07, 6.45) is 0. The molecule has 0 N–H and O–H groups in total. The fourth-order valence-electron chi connectivity index (χ4n) is 0.983. The summed E-state index contributed by atoms with van der Waals surface area (Å²) in [6.45, 7) is 3.96. The van der Waals surface area contributed by atoms with Crippen LogP contribution in [0.5, 0.6) is 5.75 Å². The minimum absolute atomic E-state index is 0.723. The Morgan fingerprint density at radius 3 is 2.64 bits per heavy atom. The average Bonchev–Trinajstić information content (AvgIpc) is 1.95. The van der Waals surface area contributed by atoms with Gasteiger partial charge in [0.05, 0.1) is 0 Å². The van der Waals surface area contributed by atoms with Crippen LogP contribution in [-0.4, -0.2) is 15.5 Å². The van der Waals surface area contributed by atoms with Gasteiger partial charge in [-0.25, -0.2) is 0 Å².